The number of pyridine rings is 1. The molecule has 0 atom stereocenters. The lowest BCUT2D eigenvalue weighted by Crippen LogP contribution is -1.90. The molecule has 4 heterocycles. The molecule has 7 heteroatoms. The fourth-order valence-electron chi connectivity index (χ4n) is 3.12. The van der Waals surface area contributed by atoms with E-state index in [1.54, 1.807) is 4.68 Å². The Kier molecular flexibility index (Phi) is 3.57. The van der Waals surface area contributed by atoms with Crippen LogP contribution in [0.5, 0.6) is 0 Å². The summed E-state index contributed by atoms with van der Waals surface area (Å²) in [5.74, 6) is 1.14. The maximum Gasteiger partial charge on any atom is 0.260 e. The van der Waals surface area contributed by atoms with Gasteiger partial charge in [-0.05, 0) is 11.6 Å². The first-order valence-corrected chi connectivity index (χ1v) is 8.59. The lowest BCUT2D eigenvalue weighted by atomic mass is 10.1. The van der Waals surface area contributed by atoms with Crippen LogP contribution in [0.15, 0.2) is 65.7 Å². The second-order valence-electron chi connectivity index (χ2n) is 6.40. The van der Waals surface area contributed by atoms with Crippen molar-refractivity contribution < 1.29 is 4.52 Å². The number of H-pyrrole nitrogens is 1. The number of rotatable bonds is 4. The molecule has 0 spiro atoms. The van der Waals surface area contributed by atoms with Crippen molar-refractivity contribution in [2.24, 2.45) is 7.05 Å². The van der Waals surface area contributed by atoms with Crippen LogP contribution < -0.4 is 0 Å². The van der Waals surface area contributed by atoms with Gasteiger partial charge in [-0.2, -0.15) is 10.1 Å². The van der Waals surface area contributed by atoms with Crippen LogP contribution in [0, 0.1) is 0 Å². The second kappa shape index (κ2) is 6.21. The number of nitrogens with zero attached hydrogens (tertiary/aromatic N) is 5. The third-order valence-corrected chi connectivity index (χ3v) is 4.47. The molecule has 1 N–H and O–H groups in total. The van der Waals surface area contributed by atoms with E-state index in [9.17, 15) is 0 Å². The van der Waals surface area contributed by atoms with Gasteiger partial charge in [0.15, 0.2) is 5.82 Å². The first-order valence-electron chi connectivity index (χ1n) is 8.59. The van der Waals surface area contributed by atoms with E-state index >= 15 is 0 Å². The normalized spacial score (nSPS) is 11.3. The van der Waals surface area contributed by atoms with Crippen LogP contribution in [0.25, 0.3) is 33.6 Å². The Morgan fingerprint density at radius 1 is 1.11 bits per heavy atom. The lowest BCUT2D eigenvalue weighted by Gasteiger charge is -1.98. The zero-order chi connectivity index (χ0) is 18.2. The summed E-state index contributed by atoms with van der Waals surface area (Å²) in [5.41, 5.74) is 4.76. The van der Waals surface area contributed by atoms with Gasteiger partial charge in [-0.3, -0.25) is 4.68 Å². The van der Waals surface area contributed by atoms with Gasteiger partial charge in [0, 0.05) is 48.6 Å². The summed E-state index contributed by atoms with van der Waals surface area (Å²) < 4.78 is 7.28. The largest absolute Gasteiger partial charge is 0.345 e. The van der Waals surface area contributed by atoms with Gasteiger partial charge in [0.25, 0.3) is 5.89 Å². The van der Waals surface area contributed by atoms with Crippen molar-refractivity contribution in [3.63, 3.8) is 0 Å². The average Bonchev–Trinajstić information content (AvgIpc) is 3.41. The number of fused-ring (bicyclic) bond motifs is 1. The standard InChI is InChI=1S/C20H16N6O/c1-26-12-15(10-23-26)14-8-16-17(11-22-19(16)21-9-14)20-24-18(25-27-20)7-13-5-3-2-4-6-13/h2-6,8-12H,7H2,1H3,(H,21,22). The molecule has 1 aromatic carbocycles. The van der Waals surface area contributed by atoms with Crippen LogP contribution in [-0.4, -0.2) is 29.9 Å². The van der Waals surface area contributed by atoms with Crippen LogP contribution in [0.3, 0.4) is 0 Å². The third-order valence-electron chi connectivity index (χ3n) is 4.47. The zero-order valence-corrected chi connectivity index (χ0v) is 14.6. The van der Waals surface area contributed by atoms with Gasteiger partial charge in [0.1, 0.15) is 5.65 Å². The Hall–Kier alpha value is -3.74. The number of nitrogens with one attached hydrogen (secondary N) is 1. The SMILES string of the molecule is Cn1cc(-c2cnc3[nH]cc(-c4nc(Cc5ccccc5)no4)c3c2)cn1. The molecular weight excluding hydrogens is 340 g/mol. The van der Waals surface area contributed by atoms with E-state index < -0.39 is 0 Å². The predicted molar refractivity (Wildman–Crippen MR) is 101 cm³/mol. The van der Waals surface area contributed by atoms with Crippen molar-refractivity contribution >= 4 is 11.0 Å². The fraction of sp³-hybridized carbons (Fsp3) is 0.100. The molecule has 0 radical (unpaired) electrons. The molecule has 0 fully saturated rings. The lowest BCUT2D eigenvalue weighted by molar-refractivity contribution is 0.424. The quantitative estimate of drug-likeness (QED) is 0.532. The third kappa shape index (κ3) is 2.89. The van der Waals surface area contributed by atoms with Gasteiger partial charge in [-0.1, -0.05) is 35.5 Å². The molecule has 4 aromatic heterocycles. The van der Waals surface area contributed by atoms with Crippen LogP contribution >= 0.6 is 0 Å². The summed E-state index contributed by atoms with van der Waals surface area (Å²) >= 11 is 0. The van der Waals surface area contributed by atoms with Crippen molar-refractivity contribution in [1.82, 2.24) is 29.9 Å². The van der Waals surface area contributed by atoms with Crippen molar-refractivity contribution in [3.05, 3.63) is 72.6 Å². The molecule has 0 bridgehead atoms. The minimum atomic E-state index is 0.484. The number of benzene rings is 1. The zero-order valence-electron chi connectivity index (χ0n) is 14.6. The topological polar surface area (TPSA) is 85.4 Å². The highest BCUT2D eigenvalue weighted by Gasteiger charge is 2.15. The highest BCUT2D eigenvalue weighted by molar-refractivity contribution is 5.93. The molecule has 5 rings (SSSR count). The smallest absolute Gasteiger partial charge is 0.260 e. The molecule has 0 saturated heterocycles. The van der Waals surface area contributed by atoms with Crippen LogP contribution in [0.1, 0.15) is 11.4 Å². The minimum absolute atomic E-state index is 0.484. The Bertz CT molecular complexity index is 1220. The van der Waals surface area contributed by atoms with Crippen LogP contribution in [-0.2, 0) is 13.5 Å². The average molecular weight is 356 g/mol. The van der Waals surface area contributed by atoms with Gasteiger partial charge in [0.2, 0.25) is 0 Å². The number of hydrogen-bond acceptors (Lipinski definition) is 5. The van der Waals surface area contributed by atoms with Crippen molar-refractivity contribution in [2.75, 3.05) is 0 Å². The van der Waals surface area contributed by atoms with E-state index in [1.165, 1.54) is 0 Å². The van der Waals surface area contributed by atoms with Crippen LogP contribution in [0.4, 0.5) is 0 Å². The van der Waals surface area contributed by atoms with Gasteiger partial charge in [-0.25, -0.2) is 4.98 Å². The van der Waals surface area contributed by atoms with E-state index in [1.807, 2.05) is 62.2 Å². The maximum atomic E-state index is 5.51. The van der Waals surface area contributed by atoms with Gasteiger partial charge in [-0.15, -0.1) is 0 Å². The van der Waals surface area contributed by atoms with Gasteiger partial charge >= 0.3 is 0 Å². The molecule has 0 unspecified atom stereocenters. The molecule has 0 aliphatic heterocycles. The Morgan fingerprint density at radius 3 is 2.81 bits per heavy atom. The Morgan fingerprint density at radius 2 is 2.00 bits per heavy atom. The summed E-state index contributed by atoms with van der Waals surface area (Å²) in [5, 5.41) is 9.29. The van der Waals surface area contributed by atoms with E-state index in [4.69, 9.17) is 4.52 Å². The van der Waals surface area contributed by atoms with E-state index in [0.29, 0.717) is 18.1 Å². The van der Waals surface area contributed by atoms with Gasteiger partial charge in [0.05, 0.1) is 11.8 Å². The van der Waals surface area contributed by atoms with Crippen molar-refractivity contribution in [3.8, 4) is 22.6 Å². The summed E-state index contributed by atoms with van der Waals surface area (Å²) in [6.45, 7) is 0. The molecule has 27 heavy (non-hydrogen) atoms. The molecule has 0 saturated carbocycles. The van der Waals surface area contributed by atoms with Crippen molar-refractivity contribution in [1.29, 1.82) is 0 Å². The van der Waals surface area contributed by atoms with E-state index in [0.717, 1.165) is 33.3 Å². The highest BCUT2D eigenvalue weighted by Crippen LogP contribution is 2.30. The molecule has 5 aromatic rings. The summed E-state index contributed by atoms with van der Waals surface area (Å²) in [7, 11) is 1.89. The highest BCUT2D eigenvalue weighted by atomic mass is 16.5. The van der Waals surface area contributed by atoms with E-state index in [-0.39, 0.29) is 0 Å². The summed E-state index contributed by atoms with van der Waals surface area (Å²) in [6, 6.07) is 12.1. The Balaban J connectivity index is 1.51. The molecule has 132 valence electrons. The number of aryl methyl sites for hydroxylation is 1. The van der Waals surface area contributed by atoms with Crippen molar-refractivity contribution in [2.45, 2.75) is 6.42 Å². The minimum Gasteiger partial charge on any atom is -0.345 e. The monoisotopic (exact) mass is 356 g/mol. The number of aromatic amines is 1. The molecule has 0 amide bonds. The number of hydrogen-bond donors (Lipinski definition) is 1. The number of aromatic nitrogens is 6. The predicted octanol–water partition coefficient (Wildman–Crippen LogP) is 3.60. The molecule has 0 aliphatic carbocycles. The fourth-order valence-corrected chi connectivity index (χ4v) is 3.12. The molecule has 7 nitrogen and oxygen atoms in total. The molecular formula is C20H16N6O. The van der Waals surface area contributed by atoms with E-state index in [2.05, 4.69) is 31.3 Å². The van der Waals surface area contributed by atoms with Crippen LogP contribution in [0.2, 0.25) is 0 Å². The Labute approximate surface area is 154 Å². The first kappa shape index (κ1) is 15.5. The molecule has 0 aliphatic rings. The summed E-state index contributed by atoms with van der Waals surface area (Å²) in [6.07, 6.45) is 8.09. The second-order valence-corrected chi connectivity index (χ2v) is 6.40. The maximum absolute atomic E-state index is 5.51. The van der Waals surface area contributed by atoms with Gasteiger partial charge < -0.3 is 9.51 Å². The summed E-state index contributed by atoms with van der Waals surface area (Å²) in [4.78, 5) is 12.2. The first-order chi connectivity index (χ1) is 13.3.